The van der Waals surface area contributed by atoms with Crippen molar-refractivity contribution in [1.82, 2.24) is 4.98 Å². The molecule has 4 rings (SSSR count). The van der Waals surface area contributed by atoms with Crippen LogP contribution in [-0.2, 0) is 4.74 Å². The van der Waals surface area contributed by atoms with Crippen LogP contribution in [0.3, 0.4) is 0 Å². The van der Waals surface area contributed by atoms with Gasteiger partial charge in [0.25, 0.3) is 0 Å². The van der Waals surface area contributed by atoms with E-state index in [1.165, 1.54) is 5.69 Å². The first kappa shape index (κ1) is 17.3. The van der Waals surface area contributed by atoms with Crippen molar-refractivity contribution in [3.63, 3.8) is 0 Å². The average molecular weight is 385 g/mol. The van der Waals surface area contributed by atoms with Gasteiger partial charge in [-0.3, -0.25) is 0 Å². The number of anilines is 1. The average Bonchev–Trinajstić information content (AvgIpc) is 2.68. The number of morpholine rings is 1. The number of hydrogen-bond acceptors (Lipinski definition) is 3. The summed E-state index contributed by atoms with van der Waals surface area (Å²) in [4.78, 5) is 6.97. The van der Waals surface area contributed by atoms with Gasteiger partial charge in [0.15, 0.2) is 0 Å². The van der Waals surface area contributed by atoms with Crippen molar-refractivity contribution < 1.29 is 4.74 Å². The van der Waals surface area contributed by atoms with Crippen molar-refractivity contribution in [2.75, 3.05) is 31.2 Å². The fourth-order valence-electron chi connectivity index (χ4n) is 3.06. The van der Waals surface area contributed by atoms with E-state index in [1.807, 2.05) is 36.4 Å². The first-order valence-electron chi connectivity index (χ1n) is 8.56. The molecule has 3 aromatic rings. The number of aromatic nitrogens is 1. The molecule has 1 fully saturated rings. The van der Waals surface area contributed by atoms with E-state index in [-0.39, 0.29) is 0 Å². The van der Waals surface area contributed by atoms with E-state index in [9.17, 15) is 0 Å². The fourth-order valence-corrected chi connectivity index (χ4v) is 3.50. The molecule has 5 heteroatoms. The van der Waals surface area contributed by atoms with Crippen LogP contribution in [-0.4, -0.2) is 31.3 Å². The van der Waals surface area contributed by atoms with Crippen molar-refractivity contribution in [3.05, 3.63) is 69.8 Å². The highest BCUT2D eigenvalue weighted by Crippen LogP contribution is 2.27. The Balaban J connectivity index is 1.54. The van der Waals surface area contributed by atoms with Crippen LogP contribution in [0.4, 0.5) is 5.69 Å². The summed E-state index contributed by atoms with van der Waals surface area (Å²) < 4.78 is 5.40. The van der Waals surface area contributed by atoms with Crippen molar-refractivity contribution in [2.24, 2.45) is 0 Å². The van der Waals surface area contributed by atoms with Crippen LogP contribution in [0.15, 0.2) is 48.5 Å². The van der Waals surface area contributed by atoms with Gasteiger partial charge < -0.3 is 9.64 Å². The molecule has 2 heterocycles. The number of halogens is 2. The van der Waals surface area contributed by atoms with Gasteiger partial charge in [-0.05, 0) is 48.0 Å². The third-order valence-electron chi connectivity index (χ3n) is 4.46. The van der Waals surface area contributed by atoms with Gasteiger partial charge in [0, 0.05) is 29.2 Å². The molecule has 0 atom stereocenters. The van der Waals surface area contributed by atoms with Crippen LogP contribution in [0.1, 0.15) is 11.3 Å². The summed E-state index contributed by atoms with van der Waals surface area (Å²) in [7, 11) is 0. The van der Waals surface area contributed by atoms with Crippen LogP contribution in [0, 0.1) is 0 Å². The summed E-state index contributed by atoms with van der Waals surface area (Å²) in [6, 6.07) is 15.9. The second-order valence-corrected chi connectivity index (χ2v) is 7.06. The minimum atomic E-state index is 0.653. The van der Waals surface area contributed by atoms with Crippen LogP contribution >= 0.6 is 23.2 Å². The number of benzene rings is 2. The molecule has 0 N–H and O–H groups in total. The Bertz CT molecular complexity index is 948. The Labute approximate surface area is 162 Å². The third-order valence-corrected chi connectivity index (χ3v) is 5.00. The van der Waals surface area contributed by atoms with E-state index in [0.29, 0.717) is 10.0 Å². The van der Waals surface area contributed by atoms with Crippen molar-refractivity contribution in [2.45, 2.75) is 0 Å². The molecule has 0 aliphatic carbocycles. The van der Waals surface area contributed by atoms with Gasteiger partial charge in [0.2, 0.25) is 0 Å². The molecule has 3 nitrogen and oxygen atoms in total. The molecule has 0 amide bonds. The molecule has 0 spiro atoms. The minimum Gasteiger partial charge on any atom is -0.378 e. The summed E-state index contributed by atoms with van der Waals surface area (Å²) in [6.07, 6.45) is 4.02. The minimum absolute atomic E-state index is 0.653. The molecule has 26 heavy (non-hydrogen) atoms. The summed E-state index contributed by atoms with van der Waals surface area (Å²) in [5.41, 5.74) is 4.01. The molecule has 1 aromatic heterocycles. The predicted octanol–water partition coefficient (Wildman–Crippen LogP) is 5.55. The van der Waals surface area contributed by atoms with Gasteiger partial charge >= 0.3 is 0 Å². The van der Waals surface area contributed by atoms with E-state index in [1.54, 1.807) is 0 Å². The maximum Gasteiger partial charge on any atom is 0.0725 e. The number of fused-ring (bicyclic) bond motifs is 1. The lowest BCUT2D eigenvalue weighted by Crippen LogP contribution is -2.36. The maximum absolute atomic E-state index is 6.37. The van der Waals surface area contributed by atoms with Gasteiger partial charge in [-0.1, -0.05) is 41.4 Å². The summed E-state index contributed by atoms with van der Waals surface area (Å²) in [5.74, 6) is 0. The molecule has 2 aromatic carbocycles. The molecular weight excluding hydrogens is 367 g/mol. The lowest BCUT2D eigenvalue weighted by molar-refractivity contribution is 0.122. The molecular formula is C21H18Cl2N2O. The zero-order valence-corrected chi connectivity index (χ0v) is 15.7. The summed E-state index contributed by atoms with van der Waals surface area (Å²) in [5, 5.41) is 2.18. The highest BCUT2D eigenvalue weighted by molar-refractivity contribution is 6.36. The molecule has 0 radical (unpaired) electrons. The van der Waals surface area contributed by atoms with Crippen LogP contribution in [0.2, 0.25) is 10.0 Å². The van der Waals surface area contributed by atoms with Crippen molar-refractivity contribution in [3.8, 4) is 0 Å². The van der Waals surface area contributed by atoms with Crippen LogP contribution in [0.5, 0.6) is 0 Å². The normalized spacial score (nSPS) is 15.1. The molecule has 0 unspecified atom stereocenters. The summed E-state index contributed by atoms with van der Waals surface area (Å²) >= 11 is 12.4. The highest BCUT2D eigenvalue weighted by atomic mass is 35.5. The van der Waals surface area contributed by atoms with E-state index in [2.05, 4.69) is 34.1 Å². The number of ether oxygens (including phenoxy) is 1. The Morgan fingerprint density at radius 3 is 2.46 bits per heavy atom. The largest absolute Gasteiger partial charge is 0.378 e. The molecule has 0 bridgehead atoms. The molecule has 132 valence electrons. The van der Waals surface area contributed by atoms with Gasteiger partial charge in [0.05, 0.1) is 29.4 Å². The Morgan fingerprint density at radius 1 is 0.923 bits per heavy atom. The fraction of sp³-hybridized carbons (Fsp3) is 0.190. The van der Waals surface area contributed by atoms with Crippen molar-refractivity contribution in [1.29, 1.82) is 0 Å². The maximum atomic E-state index is 6.37. The first-order chi connectivity index (χ1) is 12.7. The van der Waals surface area contributed by atoms with Crippen LogP contribution in [0.25, 0.3) is 23.1 Å². The number of rotatable bonds is 3. The Kier molecular flexibility index (Phi) is 5.11. The van der Waals surface area contributed by atoms with Crippen LogP contribution < -0.4 is 4.90 Å². The molecule has 1 aliphatic heterocycles. The Morgan fingerprint density at radius 2 is 1.69 bits per heavy atom. The lowest BCUT2D eigenvalue weighted by Gasteiger charge is -2.28. The Hall–Kier alpha value is -2.07. The lowest BCUT2D eigenvalue weighted by atomic mass is 10.1. The van der Waals surface area contributed by atoms with E-state index < -0.39 is 0 Å². The molecule has 1 aliphatic rings. The second-order valence-electron chi connectivity index (χ2n) is 6.21. The zero-order valence-electron chi connectivity index (χ0n) is 14.2. The van der Waals surface area contributed by atoms with Gasteiger partial charge in [-0.25, -0.2) is 4.98 Å². The smallest absolute Gasteiger partial charge is 0.0725 e. The SMILES string of the molecule is Clc1ccc2nc(/C=C/c3ccc(N4CCOCC4)cc3)cc(Cl)c2c1. The molecule has 0 saturated carbocycles. The topological polar surface area (TPSA) is 25.4 Å². The quantitative estimate of drug-likeness (QED) is 0.591. The first-order valence-corrected chi connectivity index (χ1v) is 9.31. The highest BCUT2D eigenvalue weighted by Gasteiger charge is 2.10. The van der Waals surface area contributed by atoms with E-state index in [4.69, 9.17) is 27.9 Å². The molecule has 1 saturated heterocycles. The number of nitrogens with zero attached hydrogens (tertiary/aromatic N) is 2. The zero-order chi connectivity index (χ0) is 17.9. The number of pyridine rings is 1. The van der Waals surface area contributed by atoms with Gasteiger partial charge in [-0.15, -0.1) is 0 Å². The standard InChI is InChI=1S/C21H18Cl2N2O/c22-16-4-8-21-19(13-16)20(23)14-17(24-21)5-1-15-2-6-18(7-3-15)25-9-11-26-12-10-25/h1-8,13-14H,9-12H2/b5-1+. The van der Waals surface area contributed by atoms with Crippen molar-refractivity contribution >= 4 is 51.9 Å². The van der Waals surface area contributed by atoms with E-state index >= 15 is 0 Å². The second kappa shape index (κ2) is 7.67. The van der Waals surface area contributed by atoms with Gasteiger partial charge in [0.1, 0.15) is 0 Å². The predicted molar refractivity (Wildman–Crippen MR) is 110 cm³/mol. The monoisotopic (exact) mass is 384 g/mol. The third kappa shape index (κ3) is 3.85. The van der Waals surface area contributed by atoms with E-state index in [0.717, 1.165) is 48.5 Å². The van der Waals surface area contributed by atoms with Gasteiger partial charge in [-0.2, -0.15) is 0 Å². The number of hydrogen-bond donors (Lipinski definition) is 0. The summed E-state index contributed by atoms with van der Waals surface area (Å²) in [6.45, 7) is 3.47.